The Balaban J connectivity index is 2.51. The summed E-state index contributed by atoms with van der Waals surface area (Å²) in [6, 6.07) is 4.02. The van der Waals surface area contributed by atoms with Gasteiger partial charge in [-0.2, -0.15) is 5.10 Å². The molecule has 0 fully saturated rings. The third-order valence-corrected chi connectivity index (χ3v) is 3.17. The van der Waals surface area contributed by atoms with Gasteiger partial charge < -0.3 is 5.32 Å². The number of hydrogen-bond donors (Lipinski definition) is 1. The van der Waals surface area contributed by atoms with Crippen LogP contribution in [-0.4, -0.2) is 26.3 Å². The standard InChI is InChI=1S/C16H25N5/c1-7-8-17-13-10-14(19-15(18-13)16(4,5)6)21-12(3)9-11(2)20-21/h9-10H,7-8H2,1-6H3,(H,17,18,19). The predicted octanol–water partition coefficient (Wildman–Crippen LogP) is 3.40. The summed E-state index contributed by atoms with van der Waals surface area (Å²) < 4.78 is 1.88. The van der Waals surface area contributed by atoms with Gasteiger partial charge >= 0.3 is 0 Å². The second-order valence-corrected chi connectivity index (χ2v) is 6.45. The van der Waals surface area contributed by atoms with E-state index in [9.17, 15) is 0 Å². The highest BCUT2D eigenvalue weighted by molar-refractivity contribution is 5.43. The van der Waals surface area contributed by atoms with Gasteiger partial charge in [0.25, 0.3) is 0 Å². The van der Waals surface area contributed by atoms with Gasteiger partial charge in [0.15, 0.2) is 5.82 Å². The van der Waals surface area contributed by atoms with Crippen molar-refractivity contribution in [2.45, 2.75) is 53.4 Å². The first-order chi connectivity index (χ1) is 9.81. The highest BCUT2D eigenvalue weighted by Crippen LogP contribution is 2.22. The molecule has 21 heavy (non-hydrogen) atoms. The molecule has 2 aromatic heterocycles. The normalized spacial score (nSPS) is 11.7. The van der Waals surface area contributed by atoms with E-state index in [1.807, 2.05) is 24.6 Å². The Labute approximate surface area is 126 Å². The number of anilines is 1. The number of aryl methyl sites for hydroxylation is 2. The second kappa shape index (κ2) is 5.84. The van der Waals surface area contributed by atoms with Gasteiger partial charge in [-0.1, -0.05) is 27.7 Å². The summed E-state index contributed by atoms with van der Waals surface area (Å²) in [7, 11) is 0. The lowest BCUT2D eigenvalue weighted by atomic mass is 9.96. The summed E-state index contributed by atoms with van der Waals surface area (Å²) in [5.41, 5.74) is 1.97. The molecule has 0 amide bonds. The fourth-order valence-electron chi connectivity index (χ4n) is 2.08. The molecule has 1 N–H and O–H groups in total. The van der Waals surface area contributed by atoms with Crippen molar-refractivity contribution >= 4 is 5.82 Å². The third-order valence-electron chi connectivity index (χ3n) is 3.17. The van der Waals surface area contributed by atoms with Gasteiger partial charge in [0.2, 0.25) is 0 Å². The smallest absolute Gasteiger partial charge is 0.159 e. The Kier molecular flexibility index (Phi) is 4.30. The Bertz CT molecular complexity index is 622. The lowest BCUT2D eigenvalue weighted by Gasteiger charge is -2.19. The van der Waals surface area contributed by atoms with E-state index < -0.39 is 0 Å². The van der Waals surface area contributed by atoms with Crippen LogP contribution in [0.1, 0.15) is 51.3 Å². The molecule has 5 heteroatoms. The molecule has 0 bridgehead atoms. The van der Waals surface area contributed by atoms with Crippen LogP contribution in [0.2, 0.25) is 0 Å². The quantitative estimate of drug-likeness (QED) is 0.936. The van der Waals surface area contributed by atoms with Gasteiger partial charge in [-0.15, -0.1) is 0 Å². The van der Waals surface area contributed by atoms with Crippen LogP contribution >= 0.6 is 0 Å². The van der Waals surface area contributed by atoms with Crippen LogP contribution in [0.5, 0.6) is 0 Å². The van der Waals surface area contributed by atoms with Gasteiger partial charge in [-0.05, 0) is 26.3 Å². The Morgan fingerprint density at radius 1 is 1.14 bits per heavy atom. The number of aromatic nitrogens is 4. The molecule has 0 spiro atoms. The van der Waals surface area contributed by atoms with Crippen molar-refractivity contribution in [3.8, 4) is 5.82 Å². The van der Waals surface area contributed by atoms with E-state index in [0.29, 0.717) is 0 Å². The minimum atomic E-state index is -0.102. The molecular formula is C16H25N5. The van der Waals surface area contributed by atoms with E-state index in [1.54, 1.807) is 0 Å². The first-order valence-corrected chi connectivity index (χ1v) is 7.48. The van der Waals surface area contributed by atoms with E-state index in [4.69, 9.17) is 4.98 Å². The lowest BCUT2D eigenvalue weighted by molar-refractivity contribution is 0.542. The maximum atomic E-state index is 4.71. The van der Waals surface area contributed by atoms with E-state index in [2.05, 4.69) is 49.2 Å². The molecule has 0 aliphatic heterocycles. The maximum absolute atomic E-state index is 4.71. The zero-order valence-corrected chi connectivity index (χ0v) is 13.9. The van der Waals surface area contributed by atoms with Crippen LogP contribution in [0.25, 0.3) is 5.82 Å². The van der Waals surface area contributed by atoms with Crippen molar-refractivity contribution in [2.24, 2.45) is 0 Å². The molecule has 5 nitrogen and oxygen atoms in total. The summed E-state index contributed by atoms with van der Waals surface area (Å²) in [5.74, 6) is 2.50. The molecule has 2 rings (SSSR count). The van der Waals surface area contributed by atoms with Crippen LogP contribution in [0.15, 0.2) is 12.1 Å². The lowest BCUT2D eigenvalue weighted by Crippen LogP contribution is -2.19. The number of hydrogen-bond acceptors (Lipinski definition) is 4. The second-order valence-electron chi connectivity index (χ2n) is 6.45. The molecule has 0 atom stereocenters. The molecule has 0 saturated carbocycles. The molecule has 114 valence electrons. The highest BCUT2D eigenvalue weighted by atomic mass is 15.3. The van der Waals surface area contributed by atoms with Gasteiger partial charge in [0.1, 0.15) is 11.6 Å². The van der Waals surface area contributed by atoms with Gasteiger partial charge in [0.05, 0.1) is 5.69 Å². The summed E-state index contributed by atoms with van der Waals surface area (Å²) in [4.78, 5) is 9.35. The highest BCUT2D eigenvalue weighted by Gasteiger charge is 2.20. The van der Waals surface area contributed by atoms with Crippen LogP contribution in [-0.2, 0) is 5.41 Å². The zero-order chi connectivity index (χ0) is 15.6. The molecule has 0 unspecified atom stereocenters. The van der Waals surface area contributed by atoms with Gasteiger partial charge in [-0.25, -0.2) is 14.6 Å². The predicted molar refractivity (Wildman–Crippen MR) is 86.1 cm³/mol. The first-order valence-electron chi connectivity index (χ1n) is 7.48. The SMILES string of the molecule is CCCNc1cc(-n2nc(C)cc2C)nc(C(C)(C)C)n1. The molecule has 2 heterocycles. The van der Waals surface area contributed by atoms with E-state index >= 15 is 0 Å². The molecule has 0 saturated heterocycles. The zero-order valence-electron chi connectivity index (χ0n) is 13.9. The molecule has 0 aromatic carbocycles. The van der Waals surface area contributed by atoms with Crippen LogP contribution < -0.4 is 5.32 Å². The Hall–Kier alpha value is -1.91. The number of rotatable bonds is 4. The van der Waals surface area contributed by atoms with E-state index in [1.165, 1.54) is 0 Å². The summed E-state index contributed by atoms with van der Waals surface area (Å²) >= 11 is 0. The largest absolute Gasteiger partial charge is 0.370 e. The average Bonchev–Trinajstić information content (AvgIpc) is 2.74. The molecular weight excluding hydrogens is 262 g/mol. The van der Waals surface area contributed by atoms with E-state index in [0.717, 1.165) is 41.8 Å². The van der Waals surface area contributed by atoms with Crippen molar-refractivity contribution < 1.29 is 0 Å². The first kappa shape index (κ1) is 15.5. The van der Waals surface area contributed by atoms with Crippen LogP contribution in [0.4, 0.5) is 5.82 Å². The van der Waals surface area contributed by atoms with Crippen molar-refractivity contribution in [3.05, 3.63) is 29.3 Å². The minimum Gasteiger partial charge on any atom is -0.370 e. The number of nitrogens with one attached hydrogen (secondary N) is 1. The maximum Gasteiger partial charge on any atom is 0.159 e. The van der Waals surface area contributed by atoms with E-state index in [-0.39, 0.29) is 5.41 Å². The summed E-state index contributed by atoms with van der Waals surface area (Å²) in [6.45, 7) is 13.4. The van der Waals surface area contributed by atoms with Crippen LogP contribution in [0.3, 0.4) is 0 Å². The molecule has 0 aliphatic carbocycles. The Morgan fingerprint density at radius 3 is 2.38 bits per heavy atom. The van der Waals surface area contributed by atoms with Crippen molar-refractivity contribution in [1.82, 2.24) is 19.7 Å². The van der Waals surface area contributed by atoms with Crippen molar-refractivity contribution in [1.29, 1.82) is 0 Å². The minimum absolute atomic E-state index is 0.102. The van der Waals surface area contributed by atoms with Crippen molar-refractivity contribution in [3.63, 3.8) is 0 Å². The number of nitrogens with zero attached hydrogens (tertiary/aromatic N) is 4. The fraction of sp³-hybridized carbons (Fsp3) is 0.562. The third kappa shape index (κ3) is 3.60. The summed E-state index contributed by atoms with van der Waals surface area (Å²) in [5, 5.41) is 7.87. The average molecular weight is 287 g/mol. The summed E-state index contributed by atoms with van der Waals surface area (Å²) in [6.07, 6.45) is 1.06. The molecule has 2 aromatic rings. The molecule has 0 aliphatic rings. The molecule has 0 radical (unpaired) electrons. The Morgan fingerprint density at radius 2 is 1.86 bits per heavy atom. The van der Waals surface area contributed by atoms with Crippen molar-refractivity contribution in [2.75, 3.05) is 11.9 Å². The van der Waals surface area contributed by atoms with Gasteiger partial charge in [0, 0.05) is 23.7 Å². The van der Waals surface area contributed by atoms with Gasteiger partial charge in [-0.3, -0.25) is 0 Å². The monoisotopic (exact) mass is 287 g/mol. The van der Waals surface area contributed by atoms with Crippen LogP contribution in [0, 0.1) is 13.8 Å². The fourth-order valence-corrected chi connectivity index (χ4v) is 2.08. The topological polar surface area (TPSA) is 55.6 Å².